The van der Waals surface area contributed by atoms with E-state index in [4.69, 9.17) is 9.72 Å². The van der Waals surface area contributed by atoms with Crippen LogP contribution in [0.2, 0.25) is 0 Å². The lowest BCUT2D eigenvalue weighted by Crippen LogP contribution is -2.29. The first kappa shape index (κ1) is 23.2. The molecule has 35 heavy (non-hydrogen) atoms. The zero-order valence-electron chi connectivity index (χ0n) is 20.8. The highest BCUT2D eigenvalue weighted by atomic mass is 16.5. The molecular formula is C27H32N6O2. The number of nitrogens with zero attached hydrogens (tertiary/aromatic N) is 3. The second-order valence-corrected chi connectivity index (χ2v) is 9.97. The Hall–Kier alpha value is -3.57. The van der Waals surface area contributed by atoms with E-state index in [1.807, 2.05) is 13.0 Å². The molecule has 1 fully saturated rings. The first-order valence-electron chi connectivity index (χ1n) is 12.4. The van der Waals surface area contributed by atoms with Crippen LogP contribution in [0.15, 0.2) is 23.1 Å². The number of hydrogen-bond acceptors (Lipinski definition) is 5. The molecule has 8 heteroatoms. The first-order chi connectivity index (χ1) is 16.9. The summed E-state index contributed by atoms with van der Waals surface area (Å²) in [7, 11) is 2.16. The Kier molecular flexibility index (Phi) is 6.12. The summed E-state index contributed by atoms with van der Waals surface area (Å²) in [6.45, 7) is 8.97. The molecule has 0 spiro atoms. The first-order valence-corrected chi connectivity index (χ1v) is 12.4. The van der Waals surface area contributed by atoms with E-state index in [9.17, 15) is 10.1 Å². The summed E-state index contributed by atoms with van der Waals surface area (Å²) in [5, 5.41) is 10.4. The van der Waals surface area contributed by atoms with E-state index in [1.54, 1.807) is 6.20 Å². The average molecular weight is 473 g/mol. The number of hydrogen-bond donors (Lipinski definition) is 3. The predicted octanol–water partition coefficient (Wildman–Crippen LogP) is 4.68. The normalized spacial score (nSPS) is 15.3. The number of aromatic nitrogens is 4. The molecule has 1 aromatic carbocycles. The van der Waals surface area contributed by atoms with Crippen molar-refractivity contribution in [3.63, 3.8) is 0 Å². The van der Waals surface area contributed by atoms with E-state index in [0.717, 1.165) is 48.4 Å². The number of benzene rings is 1. The van der Waals surface area contributed by atoms with Crippen LogP contribution in [0.4, 0.5) is 0 Å². The molecule has 5 rings (SSSR count). The highest BCUT2D eigenvalue weighted by molar-refractivity contribution is 5.97. The minimum absolute atomic E-state index is 0.259. The summed E-state index contributed by atoms with van der Waals surface area (Å²) in [6, 6.07) is 6.47. The molecule has 1 saturated heterocycles. The van der Waals surface area contributed by atoms with E-state index in [1.165, 1.54) is 5.56 Å². The summed E-state index contributed by atoms with van der Waals surface area (Å²) < 4.78 is 6.38. The van der Waals surface area contributed by atoms with Gasteiger partial charge in [0.05, 0.1) is 23.2 Å². The van der Waals surface area contributed by atoms with Crippen molar-refractivity contribution in [1.82, 2.24) is 24.8 Å². The molecule has 4 aromatic rings. The maximum absolute atomic E-state index is 13.0. The number of aromatic amines is 3. The zero-order valence-corrected chi connectivity index (χ0v) is 20.8. The summed E-state index contributed by atoms with van der Waals surface area (Å²) >= 11 is 0. The number of likely N-dealkylation sites (tertiary alicyclic amines) is 1. The van der Waals surface area contributed by atoms with Gasteiger partial charge in [0.25, 0.3) is 5.56 Å². The Morgan fingerprint density at radius 1 is 1.26 bits per heavy atom. The monoisotopic (exact) mass is 472 g/mol. The van der Waals surface area contributed by atoms with Gasteiger partial charge in [-0.25, -0.2) is 4.98 Å². The fourth-order valence-corrected chi connectivity index (χ4v) is 5.08. The molecule has 0 saturated carbocycles. The molecule has 1 aliphatic heterocycles. The van der Waals surface area contributed by atoms with Gasteiger partial charge in [-0.05, 0) is 62.9 Å². The van der Waals surface area contributed by atoms with Crippen LogP contribution in [0.3, 0.4) is 0 Å². The second kappa shape index (κ2) is 9.23. The number of piperidine rings is 1. The van der Waals surface area contributed by atoms with Crippen molar-refractivity contribution in [3.8, 4) is 23.2 Å². The third-order valence-electron chi connectivity index (χ3n) is 7.00. The lowest BCUT2D eigenvalue weighted by Gasteiger charge is -2.30. The summed E-state index contributed by atoms with van der Waals surface area (Å²) in [5.74, 6) is 2.07. The van der Waals surface area contributed by atoms with E-state index >= 15 is 0 Å². The van der Waals surface area contributed by atoms with Crippen molar-refractivity contribution in [1.29, 1.82) is 5.26 Å². The molecule has 8 nitrogen and oxygen atoms in total. The van der Waals surface area contributed by atoms with Gasteiger partial charge in [-0.3, -0.25) is 4.79 Å². The number of H-pyrrole nitrogens is 3. The number of nitrogens with one attached hydrogen (secondary N) is 3. The molecule has 0 radical (unpaired) electrons. The van der Waals surface area contributed by atoms with Crippen LogP contribution in [0.5, 0.6) is 5.75 Å². The highest BCUT2D eigenvalue weighted by Crippen LogP contribution is 2.39. The molecule has 0 atom stereocenters. The lowest BCUT2D eigenvalue weighted by atomic mass is 9.88. The number of rotatable bonds is 6. The molecule has 4 heterocycles. The van der Waals surface area contributed by atoms with Crippen molar-refractivity contribution in [3.05, 3.63) is 45.5 Å². The highest BCUT2D eigenvalue weighted by Gasteiger charge is 2.26. The summed E-state index contributed by atoms with van der Waals surface area (Å²) in [4.78, 5) is 29.7. The van der Waals surface area contributed by atoms with Gasteiger partial charge in [0.1, 0.15) is 23.0 Å². The standard InChI is InChI=1S/C27H32N6O2/c1-5-20-18(12-28)19-13-29-27(34)22(23(19)30-20)26-31-21-7-6-17(16-8-10-33(4)11-9-16)25(24(21)32-26)35-14-15(2)3/h6-7,13,15-16,30H,5,8-11,14H2,1-4H3,(H,29,34)(H,31,32). The Bertz CT molecular complexity index is 1480. The third kappa shape index (κ3) is 4.10. The van der Waals surface area contributed by atoms with Gasteiger partial charge in [0.15, 0.2) is 5.75 Å². The molecular weight excluding hydrogens is 440 g/mol. The van der Waals surface area contributed by atoms with Crippen LogP contribution in [0.1, 0.15) is 56.4 Å². The molecule has 0 aliphatic carbocycles. The number of pyridine rings is 1. The zero-order chi connectivity index (χ0) is 24.7. The van der Waals surface area contributed by atoms with Gasteiger partial charge < -0.3 is 24.6 Å². The van der Waals surface area contributed by atoms with Crippen LogP contribution in [-0.4, -0.2) is 51.6 Å². The maximum Gasteiger partial charge on any atom is 0.261 e. The van der Waals surface area contributed by atoms with Gasteiger partial charge in [0, 0.05) is 17.3 Å². The van der Waals surface area contributed by atoms with Crippen LogP contribution in [-0.2, 0) is 6.42 Å². The largest absolute Gasteiger partial charge is 0.491 e. The fraction of sp³-hybridized carbons (Fsp3) is 0.444. The quantitative estimate of drug-likeness (QED) is 0.377. The molecule has 182 valence electrons. The van der Waals surface area contributed by atoms with Gasteiger partial charge >= 0.3 is 0 Å². The van der Waals surface area contributed by atoms with Crippen LogP contribution < -0.4 is 10.3 Å². The van der Waals surface area contributed by atoms with Crippen molar-refractivity contribution < 1.29 is 4.74 Å². The Balaban J connectivity index is 1.68. The Morgan fingerprint density at radius 2 is 2.03 bits per heavy atom. The van der Waals surface area contributed by atoms with Crippen LogP contribution >= 0.6 is 0 Å². The van der Waals surface area contributed by atoms with E-state index in [0.29, 0.717) is 52.7 Å². The minimum Gasteiger partial charge on any atom is -0.491 e. The predicted molar refractivity (Wildman–Crippen MR) is 138 cm³/mol. The van der Waals surface area contributed by atoms with Crippen LogP contribution in [0, 0.1) is 17.2 Å². The van der Waals surface area contributed by atoms with Crippen molar-refractivity contribution in [2.45, 2.75) is 46.0 Å². The minimum atomic E-state index is -0.259. The topological polar surface area (TPSA) is 114 Å². The lowest BCUT2D eigenvalue weighted by molar-refractivity contribution is 0.243. The molecule has 1 aliphatic rings. The third-order valence-corrected chi connectivity index (χ3v) is 7.00. The number of fused-ring (bicyclic) bond motifs is 2. The van der Waals surface area contributed by atoms with E-state index in [-0.39, 0.29) is 5.56 Å². The average Bonchev–Trinajstić information content (AvgIpc) is 3.43. The van der Waals surface area contributed by atoms with Gasteiger partial charge in [-0.2, -0.15) is 5.26 Å². The van der Waals surface area contributed by atoms with Crippen molar-refractivity contribution >= 4 is 21.9 Å². The number of aryl methyl sites for hydroxylation is 1. The molecule has 0 amide bonds. The molecule has 0 bridgehead atoms. The molecule has 0 unspecified atom stereocenters. The van der Waals surface area contributed by atoms with Gasteiger partial charge in [-0.1, -0.05) is 26.8 Å². The van der Waals surface area contributed by atoms with Crippen molar-refractivity contribution in [2.24, 2.45) is 5.92 Å². The number of nitriles is 1. The molecule has 3 aromatic heterocycles. The Morgan fingerprint density at radius 3 is 2.71 bits per heavy atom. The van der Waals surface area contributed by atoms with E-state index in [2.05, 4.69) is 52.9 Å². The van der Waals surface area contributed by atoms with Gasteiger partial charge in [0.2, 0.25) is 0 Å². The second-order valence-electron chi connectivity index (χ2n) is 9.97. The van der Waals surface area contributed by atoms with Crippen molar-refractivity contribution in [2.75, 3.05) is 26.7 Å². The van der Waals surface area contributed by atoms with Crippen LogP contribution in [0.25, 0.3) is 33.3 Å². The number of imidazole rings is 1. The smallest absolute Gasteiger partial charge is 0.261 e. The SMILES string of the molecule is CCc1[nH]c2c(-c3nc4c(OCC(C)C)c(C5CCN(C)CC5)ccc4[nH]3)c(=O)[nH]cc2c1C#N. The summed E-state index contributed by atoms with van der Waals surface area (Å²) in [5.41, 5.74) is 4.91. The maximum atomic E-state index is 13.0. The Labute approximate surface area is 204 Å². The van der Waals surface area contributed by atoms with E-state index < -0.39 is 0 Å². The fourth-order valence-electron chi connectivity index (χ4n) is 5.08. The van der Waals surface area contributed by atoms with Gasteiger partial charge in [-0.15, -0.1) is 0 Å². The summed E-state index contributed by atoms with van der Waals surface area (Å²) in [6.07, 6.45) is 4.43. The molecule has 3 N–H and O–H groups in total. The number of ether oxygens (including phenoxy) is 1.